The Bertz CT molecular complexity index is 1500. The first-order chi connectivity index (χ1) is 18.9. The molecule has 0 spiro atoms. The molecule has 4 aromatic rings. The van der Waals surface area contributed by atoms with E-state index in [2.05, 4.69) is 9.88 Å². The molecule has 7 nitrogen and oxygen atoms in total. The number of para-hydroxylation sites is 4. The summed E-state index contributed by atoms with van der Waals surface area (Å²) in [5.41, 5.74) is 4.05. The fraction of sp³-hybridized carbons (Fsp3) is 0.226. The van der Waals surface area contributed by atoms with E-state index in [0.717, 1.165) is 22.6 Å². The summed E-state index contributed by atoms with van der Waals surface area (Å²) in [4.78, 5) is 31.1. The minimum absolute atomic E-state index is 0.119. The second-order valence-corrected chi connectivity index (χ2v) is 10.0. The average Bonchev–Trinajstić information content (AvgIpc) is 3.42. The van der Waals surface area contributed by atoms with Crippen molar-refractivity contribution in [1.82, 2.24) is 9.47 Å². The fourth-order valence-corrected chi connectivity index (χ4v) is 5.20. The van der Waals surface area contributed by atoms with Gasteiger partial charge in [-0.05, 0) is 74.9 Å². The molecule has 0 aliphatic carbocycles. The van der Waals surface area contributed by atoms with E-state index in [-0.39, 0.29) is 24.5 Å². The van der Waals surface area contributed by atoms with Gasteiger partial charge in [-0.3, -0.25) is 9.69 Å². The van der Waals surface area contributed by atoms with Crippen LogP contribution in [0.3, 0.4) is 0 Å². The highest BCUT2D eigenvalue weighted by Gasteiger charge is 2.37. The Kier molecular flexibility index (Phi) is 7.61. The van der Waals surface area contributed by atoms with Crippen LogP contribution in [0, 0.1) is 0 Å². The minimum Gasteiger partial charge on any atom is -0.492 e. The summed E-state index contributed by atoms with van der Waals surface area (Å²) < 4.78 is 7.77. The van der Waals surface area contributed by atoms with Crippen LogP contribution in [0.1, 0.15) is 38.1 Å². The SMILES string of the molecule is CCOc1ccccc1NC(=O)N(CC(=O)N1c2ccccc2-n2cccc2C1c1cccc(Cl)c1)C(C)C. The number of halogens is 1. The molecule has 0 fully saturated rings. The number of benzene rings is 3. The van der Waals surface area contributed by atoms with Crippen molar-refractivity contribution in [1.29, 1.82) is 0 Å². The minimum atomic E-state index is -0.420. The van der Waals surface area contributed by atoms with Gasteiger partial charge in [0.05, 0.1) is 29.4 Å². The average molecular weight is 543 g/mol. The lowest BCUT2D eigenvalue weighted by Crippen LogP contribution is -2.49. The van der Waals surface area contributed by atoms with Crippen molar-refractivity contribution in [2.45, 2.75) is 32.9 Å². The number of hydrogen-bond donors (Lipinski definition) is 1. The van der Waals surface area contributed by atoms with Gasteiger partial charge in [0, 0.05) is 17.3 Å². The third-order valence-electron chi connectivity index (χ3n) is 6.77. The van der Waals surface area contributed by atoms with Gasteiger partial charge in [-0.25, -0.2) is 4.79 Å². The molecule has 0 radical (unpaired) electrons. The maximum Gasteiger partial charge on any atom is 0.322 e. The Balaban J connectivity index is 1.50. The number of urea groups is 1. The number of anilines is 2. The van der Waals surface area contributed by atoms with Gasteiger partial charge in [-0.1, -0.05) is 48.0 Å². The van der Waals surface area contributed by atoms with Crippen molar-refractivity contribution in [2.24, 2.45) is 0 Å². The number of fused-ring (bicyclic) bond motifs is 3. The zero-order valence-corrected chi connectivity index (χ0v) is 22.9. The molecule has 2 heterocycles. The normalized spacial score (nSPS) is 14.0. The molecule has 39 heavy (non-hydrogen) atoms. The Labute approximate surface area is 233 Å². The third kappa shape index (κ3) is 5.22. The monoisotopic (exact) mass is 542 g/mol. The van der Waals surface area contributed by atoms with E-state index >= 15 is 0 Å². The van der Waals surface area contributed by atoms with Gasteiger partial charge >= 0.3 is 6.03 Å². The summed E-state index contributed by atoms with van der Waals surface area (Å²) in [5.74, 6) is 0.372. The van der Waals surface area contributed by atoms with Gasteiger partial charge in [0.1, 0.15) is 18.3 Å². The zero-order valence-electron chi connectivity index (χ0n) is 22.2. The van der Waals surface area contributed by atoms with Crippen LogP contribution in [0.25, 0.3) is 5.69 Å². The van der Waals surface area contributed by atoms with Crippen molar-refractivity contribution >= 4 is 34.9 Å². The lowest BCUT2D eigenvalue weighted by molar-refractivity contribution is -0.119. The molecule has 0 bridgehead atoms. The van der Waals surface area contributed by atoms with Crippen molar-refractivity contribution in [2.75, 3.05) is 23.4 Å². The van der Waals surface area contributed by atoms with Crippen LogP contribution in [-0.2, 0) is 4.79 Å². The van der Waals surface area contributed by atoms with E-state index in [1.54, 1.807) is 17.0 Å². The molecule has 0 saturated carbocycles. The molecule has 1 aliphatic heterocycles. The summed E-state index contributed by atoms with van der Waals surface area (Å²) in [6, 6.07) is 25.6. The smallest absolute Gasteiger partial charge is 0.322 e. The molecule has 3 aromatic carbocycles. The van der Waals surface area contributed by atoms with Crippen LogP contribution in [0.5, 0.6) is 5.75 Å². The molecule has 1 aromatic heterocycles. The van der Waals surface area contributed by atoms with E-state index in [1.807, 2.05) is 99.8 Å². The Hall–Kier alpha value is -4.23. The van der Waals surface area contributed by atoms with Gasteiger partial charge in [0.25, 0.3) is 0 Å². The predicted octanol–water partition coefficient (Wildman–Crippen LogP) is 6.91. The van der Waals surface area contributed by atoms with Crippen LogP contribution in [0.2, 0.25) is 5.02 Å². The number of aromatic nitrogens is 1. The first-order valence-electron chi connectivity index (χ1n) is 13.0. The van der Waals surface area contributed by atoms with Crippen LogP contribution in [-0.4, -0.2) is 40.6 Å². The highest BCUT2D eigenvalue weighted by atomic mass is 35.5. The van der Waals surface area contributed by atoms with E-state index < -0.39 is 6.04 Å². The molecule has 1 atom stereocenters. The molecule has 200 valence electrons. The quantitative estimate of drug-likeness (QED) is 0.276. The number of ether oxygens (including phenoxy) is 1. The second-order valence-electron chi connectivity index (χ2n) is 9.59. The lowest BCUT2D eigenvalue weighted by Gasteiger charge is -2.40. The van der Waals surface area contributed by atoms with Crippen LogP contribution >= 0.6 is 11.6 Å². The lowest BCUT2D eigenvalue weighted by atomic mass is 9.97. The van der Waals surface area contributed by atoms with E-state index in [0.29, 0.717) is 23.1 Å². The Morgan fingerprint density at radius 2 is 1.72 bits per heavy atom. The van der Waals surface area contributed by atoms with E-state index in [9.17, 15) is 9.59 Å². The molecule has 3 amide bonds. The molecule has 8 heteroatoms. The summed E-state index contributed by atoms with van der Waals surface area (Å²) in [7, 11) is 0. The number of nitrogens with zero attached hydrogens (tertiary/aromatic N) is 3. The molecule has 5 rings (SSSR count). The van der Waals surface area contributed by atoms with Crippen LogP contribution < -0.4 is 15.0 Å². The molecule has 1 unspecified atom stereocenters. The number of carbonyl (C=O) groups excluding carboxylic acids is 2. The second kappa shape index (κ2) is 11.3. The standard InChI is InChI=1S/C31H31ClN4O3/c1-4-39-28-17-8-5-13-24(28)33-31(38)35(21(2)3)20-29(37)36-26-15-7-6-14-25(26)34-18-10-16-27(34)30(36)22-11-9-12-23(32)19-22/h5-19,21,30H,4,20H2,1-3H3,(H,33,38). The summed E-state index contributed by atoms with van der Waals surface area (Å²) in [6.07, 6.45) is 2.00. The highest BCUT2D eigenvalue weighted by molar-refractivity contribution is 6.30. The molecule has 1 aliphatic rings. The fourth-order valence-electron chi connectivity index (χ4n) is 5.00. The zero-order chi connectivity index (χ0) is 27.5. The summed E-state index contributed by atoms with van der Waals surface area (Å²) >= 11 is 6.39. The van der Waals surface area contributed by atoms with Crippen LogP contribution in [0.4, 0.5) is 16.2 Å². The van der Waals surface area contributed by atoms with Gasteiger partial charge in [-0.2, -0.15) is 0 Å². The first-order valence-corrected chi connectivity index (χ1v) is 13.4. The molecule has 0 saturated heterocycles. The van der Waals surface area contributed by atoms with Gasteiger partial charge in [0.2, 0.25) is 5.91 Å². The van der Waals surface area contributed by atoms with Gasteiger partial charge in [0.15, 0.2) is 0 Å². The third-order valence-corrected chi connectivity index (χ3v) is 7.01. The summed E-state index contributed by atoms with van der Waals surface area (Å²) in [6.45, 7) is 6.03. The van der Waals surface area contributed by atoms with E-state index in [1.165, 1.54) is 4.90 Å². The largest absolute Gasteiger partial charge is 0.492 e. The molecular weight excluding hydrogens is 512 g/mol. The number of carbonyl (C=O) groups is 2. The van der Waals surface area contributed by atoms with Crippen molar-refractivity contribution in [3.05, 3.63) is 107 Å². The van der Waals surface area contributed by atoms with Crippen LogP contribution in [0.15, 0.2) is 91.1 Å². The van der Waals surface area contributed by atoms with Crippen molar-refractivity contribution in [3.63, 3.8) is 0 Å². The molecular formula is C31H31ClN4O3. The Morgan fingerprint density at radius 1 is 0.974 bits per heavy atom. The topological polar surface area (TPSA) is 66.8 Å². The Morgan fingerprint density at radius 3 is 2.46 bits per heavy atom. The van der Waals surface area contributed by atoms with Crippen molar-refractivity contribution in [3.8, 4) is 11.4 Å². The van der Waals surface area contributed by atoms with Gasteiger partial charge in [-0.15, -0.1) is 0 Å². The van der Waals surface area contributed by atoms with E-state index in [4.69, 9.17) is 16.3 Å². The number of nitrogens with one attached hydrogen (secondary N) is 1. The number of hydrogen-bond acceptors (Lipinski definition) is 3. The summed E-state index contributed by atoms with van der Waals surface area (Å²) in [5, 5.41) is 3.53. The maximum absolute atomic E-state index is 14.2. The van der Waals surface area contributed by atoms with Gasteiger partial charge < -0.3 is 19.5 Å². The maximum atomic E-state index is 14.2. The predicted molar refractivity (Wildman–Crippen MR) is 155 cm³/mol. The number of amides is 3. The number of rotatable bonds is 7. The molecule has 1 N–H and O–H groups in total. The first kappa shape index (κ1) is 26.4. The highest BCUT2D eigenvalue weighted by Crippen LogP contribution is 2.42. The van der Waals surface area contributed by atoms with Crippen molar-refractivity contribution < 1.29 is 14.3 Å².